The molecular formula is C19H17FN4O3. The summed E-state index contributed by atoms with van der Waals surface area (Å²) in [7, 11) is 1.60. The molecule has 0 aliphatic rings. The van der Waals surface area contributed by atoms with Crippen molar-refractivity contribution < 1.29 is 18.7 Å². The van der Waals surface area contributed by atoms with Crippen molar-refractivity contribution in [3.63, 3.8) is 0 Å². The van der Waals surface area contributed by atoms with Gasteiger partial charge in [-0.2, -0.15) is 0 Å². The first-order valence-electron chi connectivity index (χ1n) is 8.17. The second-order valence-corrected chi connectivity index (χ2v) is 5.79. The average molecular weight is 368 g/mol. The van der Waals surface area contributed by atoms with Crippen LogP contribution in [0.2, 0.25) is 0 Å². The molecule has 7 nitrogen and oxygen atoms in total. The molecule has 0 saturated carbocycles. The van der Waals surface area contributed by atoms with Gasteiger partial charge in [-0.05, 0) is 37.3 Å². The lowest BCUT2D eigenvalue weighted by atomic mass is 10.2. The van der Waals surface area contributed by atoms with E-state index in [-0.39, 0.29) is 11.6 Å². The normalized spacial score (nSPS) is 11.7. The van der Waals surface area contributed by atoms with Crippen LogP contribution >= 0.6 is 0 Å². The SMILES string of the molecule is CC(OC(=O)c1cnnn1-c1cccc(F)c1)C(=O)N(C)c1ccccc1. The molecule has 1 aromatic heterocycles. The summed E-state index contributed by atoms with van der Waals surface area (Å²) in [6.45, 7) is 1.48. The molecule has 0 aliphatic heterocycles. The van der Waals surface area contributed by atoms with Crippen molar-refractivity contribution in [1.82, 2.24) is 15.0 Å². The molecule has 0 aliphatic carbocycles. The third-order valence-electron chi connectivity index (χ3n) is 3.92. The molecule has 8 heteroatoms. The Balaban J connectivity index is 1.74. The number of hydrogen-bond donors (Lipinski definition) is 0. The van der Waals surface area contributed by atoms with Crippen LogP contribution in [0, 0.1) is 5.82 Å². The van der Waals surface area contributed by atoms with E-state index in [9.17, 15) is 14.0 Å². The van der Waals surface area contributed by atoms with Crippen molar-refractivity contribution in [3.05, 3.63) is 72.3 Å². The first-order chi connectivity index (χ1) is 13.0. The van der Waals surface area contributed by atoms with Crippen molar-refractivity contribution in [2.24, 2.45) is 0 Å². The average Bonchev–Trinajstić information content (AvgIpc) is 3.17. The van der Waals surface area contributed by atoms with E-state index in [0.717, 1.165) is 4.68 Å². The van der Waals surface area contributed by atoms with Gasteiger partial charge in [0, 0.05) is 12.7 Å². The smallest absolute Gasteiger partial charge is 0.359 e. The van der Waals surface area contributed by atoms with E-state index in [1.54, 1.807) is 37.4 Å². The van der Waals surface area contributed by atoms with Gasteiger partial charge in [0.15, 0.2) is 11.8 Å². The first kappa shape index (κ1) is 18.2. The third-order valence-corrected chi connectivity index (χ3v) is 3.92. The van der Waals surface area contributed by atoms with E-state index in [1.165, 1.54) is 36.2 Å². The number of para-hydroxylation sites is 1. The minimum absolute atomic E-state index is 0.0115. The fourth-order valence-corrected chi connectivity index (χ4v) is 2.50. The van der Waals surface area contributed by atoms with Gasteiger partial charge < -0.3 is 9.64 Å². The number of aromatic nitrogens is 3. The number of halogens is 1. The predicted octanol–water partition coefficient (Wildman–Crippen LogP) is 2.61. The first-order valence-corrected chi connectivity index (χ1v) is 8.17. The Labute approximate surface area is 155 Å². The molecule has 1 unspecified atom stereocenters. The molecule has 138 valence electrons. The number of carbonyl (C=O) groups is 2. The highest BCUT2D eigenvalue weighted by Gasteiger charge is 2.25. The molecule has 0 N–H and O–H groups in total. The van der Waals surface area contributed by atoms with Crippen molar-refractivity contribution >= 4 is 17.6 Å². The lowest BCUT2D eigenvalue weighted by molar-refractivity contribution is -0.126. The van der Waals surface area contributed by atoms with E-state index in [2.05, 4.69) is 10.3 Å². The number of rotatable bonds is 5. The third kappa shape index (κ3) is 4.00. The Morgan fingerprint density at radius 2 is 1.89 bits per heavy atom. The van der Waals surface area contributed by atoms with Crippen LogP contribution < -0.4 is 4.90 Å². The highest BCUT2D eigenvalue weighted by Crippen LogP contribution is 2.15. The molecule has 1 heterocycles. The quantitative estimate of drug-likeness (QED) is 0.647. The van der Waals surface area contributed by atoms with Crippen molar-refractivity contribution in [2.75, 3.05) is 11.9 Å². The molecule has 0 radical (unpaired) electrons. The highest BCUT2D eigenvalue weighted by molar-refractivity contribution is 5.98. The Morgan fingerprint density at radius 3 is 2.59 bits per heavy atom. The number of likely N-dealkylation sites (N-methyl/N-ethyl adjacent to an activating group) is 1. The van der Waals surface area contributed by atoms with Crippen LogP contribution in [-0.4, -0.2) is 40.0 Å². The second-order valence-electron chi connectivity index (χ2n) is 5.79. The van der Waals surface area contributed by atoms with Crippen molar-refractivity contribution in [2.45, 2.75) is 13.0 Å². The van der Waals surface area contributed by atoms with E-state index < -0.39 is 17.9 Å². The van der Waals surface area contributed by atoms with E-state index in [4.69, 9.17) is 4.74 Å². The Hall–Kier alpha value is -3.55. The van der Waals surface area contributed by atoms with Gasteiger partial charge in [-0.25, -0.2) is 13.9 Å². The minimum Gasteiger partial charge on any atom is -0.448 e. The summed E-state index contributed by atoms with van der Waals surface area (Å²) >= 11 is 0. The number of benzene rings is 2. The summed E-state index contributed by atoms with van der Waals surface area (Å²) in [6.07, 6.45) is 0.171. The molecule has 0 saturated heterocycles. The Bertz CT molecular complexity index is 958. The zero-order valence-electron chi connectivity index (χ0n) is 14.7. The largest absolute Gasteiger partial charge is 0.448 e. The second kappa shape index (κ2) is 7.77. The molecule has 27 heavy (non-hydrogen) atoms. The molecule has 1 amide bonds. The fraction of sp³-hybridized carbons (Fsp3) is 0.158. The van der Waals surface area contributed by atoms with Crippen LogP contribution in [0.5, 0.6) is 0 Å². The van der Waals surface area contributed by atoms with Crippen LogP contribution in [0.15, 0.2) is 60.8 Å². The van der Waals surface area contributed by atoms with Gasteiger partial charge in [0.1, 0.15) is 5.82 Å². The number of hydrogen-bond acceptors (Lipinski definition) is 5. The summed E-state index contributed by atoms with van der Waals surface area (Å²) in [6, 6.07) is 14.5. The van der Waals surface area contributed by atoms with Crippen molar-refractivity contribution in [3.8, 4) is 5.69 Å². The number of carbonyl (C=O) groups excluding carboxylic acids is 2. The van der Waals surface area contributed by atoms with E-state index >= 15 is 0 Å². The monoisotopic (exact) mass is 368 g/mol. The standard InChI is InChI=1S/C19H17FN4O3/c1-13(18(25)23(2)15-8-4-3-5-9-15)27-19(26)17-12-21-22-24(17)16-10-6-7-14(20)11-16/h3-13H,1-2H3. The van der Waals surface area contributed by atoms with Gasteiger partial charge in [0.25, 0.3) is 5.91 Å². The minimum atomic E-state index is -1.03. The molecule has 3 aromatic rings. The van der Waals surface area contributed by atoms with Gasteiger partial charge in [-0.3, -0.25) is 4.79 Å². The maximum atomic E-state index is 13.4. The summed E-state index contributed by atoms with van der Waals surface area (Å²) in [5.41, 5.74) is 0.985. The lowest BCUT2D eigenvalue weighted by Gasteiger charge is -2.21. The van der Waals surface area contributed by atoms with Crippen molar-refractivity contribution in [1.29, 1.82) is 0 Å². The molecule has 2 aromatic carbocycles. The van der Waals surface area contributed by atoms with Crippen LogP contribution in [0.3, 0.4) is 0 Å². The van der Waals surface area contributed by atoms with Gasteiger partial charge in [-0.15, -0.1) is 5.10 Å². The molecule has 0 spiro atoms. The van der Waals surface area contributed by atoms with E-state index in [0.29, 0.717) is 11.4 Å². The zero-order valence-corrected chi connectivity index (χ0v) is 14.7. The maximum absolute atomic E-state index is 13.4. The molecule has 0 fully saturated rings. The Kier molecular flexibility index (Phi) is 5.25. The van der Waals surface area contributed by atoms with Gasteiger partial charge in [0.2, 0.25) is 0 Å². The molecule has 0 bridgehead atoms. The number of amides is 1. The number of ether oxygens (including phenoxy) is 1. The van der Waals surface area contributed by atoms with Gasteiger partial charge in [0.05, 0.1) is 11.9 Å². The zero-order chi connectivity index (χ0) is 19.4. The summed E-state index contributed by atoms with van der Waals surface area (Å²) in [5, 5.41) is 7.47. The summed E-state index contributed by atoms with van der Waals surface area (Å²) in [4.78, 5) is 26.4. The van der Waals surface area contributed by atoms with Gasteiger partial charge >= 0.3 is 5.97 Å². The summed E-state index contributed by atoms with van der Waals surface area (Å²) < 4.78 is 19.9. The van der Waals surface area contributed by atoms with Gasteiger partial charge in [-0.1, -0.05) is 29.5 Å². The molecular weight excluding hydrogens is 351 g/mol. The molecule has 3 rings (SSSR count). The van der Waals surface area contributed by atoms with Crippen LogP contribution in [0.4, 0.5) is 10.1 Å². The van der Waals surface area contributed by atoms with E-state index in [1.807, 2.05) is 6.07 Å². The predicted molar refractivity (Wildman–Crippen MR) is 96.0 cm³/mol. The number of anilines is 1. The Morgan fingerprint density at radius 1 is 1.15 bits per heavy atom. The highest BCUT2D eigenvalue weighted by atomic mass is 19.1. The summed E-state index contributed by atoms with van der Waals surface area (Å²) in [5.74, 6) is -1.65. The maximum Gasteiger partial charge on any atom is 0.359 e. The molecule has 1 atom stereocenters. The fourth-order valence-electron chi connectivity index (χ4n) is 2.50. The number of nitrogens with zero attached hydrogens (tertiary/aromatic N) is 4. The lowest BCUT2D eigenvalue weighted by Crippen LogP contribution is -2.37. The number of esters is 1. The van der Waals surface area contributed by atoms with Crippen LogP contribution in [0.1, 0.15) is 17.4 Å². The topological polar surface area (TPSA) is 77.3 Å². The van der Waals surface area contributed by atoms with Crippen LogP contribution in [0.25, 0.3) is 5.69 Å². The van der Waals surface area contributed by atoms with Crippen LogP contribution in [-0.2, 0) is 9.53 Å².